The lowest BCUT2D eigenvalue weighted by atomic mass is 9.79. The van der Waals surface area contributed by atoms with Crippen LogP contribution in [0, 0.1) is 5.92 Å². The van der Waals surface area contributed by atoms with Gasteiger partial charge in [-0.25, -0.2) is 4.79 Å². The molecular weight excluding hydrogens is 290 g/mol. The van der Waals surface area contributed by atoms with Gasteiger partial charge in [-0.15, -0.1) is 0 Å². The second-order valence-electron chi connectivity index (χ2n) is 5.74. The van der Waals surface area contributed by atoms with Crippen molar-refractivity contribution in [2.75, 3.05) is 6.61 Å². The number of fused-ring (bicyclic) bond motifs is 1. The summed E-state index contributed by atoms with van der Waals surface area (Å²) in [6.07, 6.45) is -1.09. The Bertz CT molecular complexity index is 411. The van der Waals surface area contributed by atoms with Gasteiger partial charge in [-0.1, -0.05) is 13.8 Å². The molecule has 1 saturated carbocycles. The summed E-state index contributed by atoms with van der Waals surface area (Å²) in [6, 6.07) is -0.343. The quantitative estimate of drug-likeness (QED) is 0.710. The summed E-state index contributed by atoms with van der Waals surface area (Å²) in [5, 5.41) is 13.2. The van der Waals surface area contributed by atoms with Crippen LogP contribution in [0.5, 0.6) is 0 Å². The first-order valence-electron chi connectivity index (χ1n) is 7.99. The smallest absolute Gasteiger partial charge is 0.407 e. The fourth-order valence-corrected chi connectivity index (χ4v) is 3.14. The maximum atomic E-state index is 12.1. The molecule has 2 aliphatic rings. The lowest BCUT2D eigenvalue weighted by Crippen LogP contribution is -2.58. The van der Waals surface area contributed by atoms with Gasteiger partial charge in [-0.05, 0) is 26.2 Å². The highest BCUT2D eigenvalue weighted by molar-refractivity contribution is 5.75. The molecule has 1 aliphatic heterocycles. The first kappa shape index (κ1) is 17.0. The largest absolute Gasteiger partial charge is 0.466 e. The van der Waals surface area contributed by atoms with E-state index < -0.39 is 36.3 Å². The maximum absolute atomic E-state index is 12.1. The number of hydrogen-bond donors (Lipinski definition) is 2. The highest BCUT2D eigenvalue weighted by atomic mass is 16.6. The van der Waals surface area contributed by atoms with Crippen molar-refractivity contribution in [3.63, 3.8) is 0 Å². The van der Waals surface area contributed by atoms with Crippen molar-refractivity contribution in [3.05, 3.63) is 0 Å². The average molecular weight is 315 g/mol. The van der Waals surface area contributed by atoms with Crippen molar-refractivity contribution in [2.24, 2.45) is 5.92 Å². The standard InChI is InChI=1S/C15H25NO6/c1-4-8(5-2)21-13-11(17)9(14(18)20-6-3)7-10-12(13)22-15(19)16-10/h8-13,17H,4-7H2,1-3H3,(H,16,19)/t9-,10+,11-,12+,13-/m0/s1. The number of alkyl carbamates (subject to hydrolysis) is 1. The topological polar surface area (TPSA) is 94.1 Å². The van der Waals surface area contributed by atoms with Gasteiger partial charge in [-0.3, -0.25) is 4.79 Å². The zero-order valence-electron chi connectivity index (χ0n) is 13.3. The normalized spacial score (nSPS) is 34.0. The number of aliphatic hydroxyl groups is 1. The monoisotopic (exact) mass is 315 g/mol. The van der Waals surface area contributed by atoms with Crippen LogP contribution in [-0.4, -0.2) is 54.2 Å². The van der Waals surface area contributed by atoms with Crippen LogP contribution in [0.25, 0.3) is 0 Å². The van der Waals surface area contributed by atoms with Crippen LogP contribution in [0.1, 0.15) is 40.0 Å². The van der Waals surface area contributed by atoms with Gasteiger partial charge in [0, 0.05) is 0 Å². The van der Waals surface area contributed by atoms with E-state index in [1.807, 2.05) is 13.8 Å². The Labute approximate surface area is 130 Å². The van der Waals surface area contributed by atoms with Crippen molar-refractivity contribution in [1.82, 2.24) is 5.32 Å². The van der Waals surface area contributed by atoms with Gasteiger partial charge in [0.2, 0.25) is 0 Å². The summed E-state index contributed by atoms with van der Waals surface area (Å²) in [5.74, 6) is -1.18. The summed E-state index contributed by atoms with van der Waals surface area (Å²) in [5.41, 5.74) is 0. The van der Waals surface area contributed by atoms with Gasteiger partial charge in [0.05, 0.1) is 30.8 Å². The molecule has 0 bridgehead atoms. The number of esters is 1. The van der Waals surface area contributed by atoms with E-state index in [9.17, 15) is 14.7 Å². The molecule has 2 N–H and O–H groups in total. The van der Waals surface area contributed by atoms with E-state index in [0.29, 0.717) is 6.42 Å². The molecule has 1 amide bonds. The number of carbonyl (C=O) groups excluding carboxylic acids is 2. The van der Waals surface area contributed by atoms with E-state index in [2.05, 4.69) is 5.32 Å². The zero-order chi connectivity index (χ0) is 16.3. The van der Waals surface area contributed by atoms with Crippen molar-refractivity contribution >= 4 is 12.1 Å². The van der Waals surface area contributed by atoms with E-state index in [1.54, 1.807) is 6.92 Å². The molecule has 22 heavy (non-hydrogen) atoms. The van der Waals surface area contributed by atoms with Crippen molar-refractivity contribution in [1.29, 1.82) is 0 Å². The fourth-order valence-electron chi connectivity index (χ4n) is 3.14. The Kier molecular flexibility index (Phi) is 5.63. The average Bonchev–Trinajstić information content (AvgIpc) is 2.86. The second-order valence-corrected chi connectivity index (χ2v) is 5.74. The Morgan fingerprint density at radius 3 is 2.68 bits per heavy atom. The molecule has 0 aromatic rings. The molecule has 1 heterocycles. The third-order valence-corrected chi connectivity index (χ3v) is 4.37. The summed E-state index contributed by atoms with van der Waals surface area (Å²) in [6.45, 7) is 5.94. The number of rotatable bonds is 6. The minimum absolute atomic E-state index is 0.0550. The van der Waals surface area contributed by atoms with Crippen molar-refractivity contribution in [3.8, 4) is 0 Å². The summed E-state index contributed by atoms with van der Waals surface area (Å²) < 4.78 is 16.2. The minimum Gasteiger partial charge on any atom is -0.466 e. The number of amides is 1. The van der Waals surface area contributed by atoms with Gasteiger partial charge < -0.3 is 24.6 Å². The third-order valence-electron chi connectivity index (χ3n) is 4.37. The van der Waals surface area contributed by atoms with Crippen molar-refractivity contribution < 1.29 is 28.9 Å². The Balaban J connectivity index is 2.18. The van der Waals surface area contributed by atoms with Gasteiger partial charge in [-0.2, -0.15) is 0 Å². The number of nitrogens with one attached hydrogen (secondary N) is 1. The second kappa shape index (κ2) is 7.28. The summed E-state index contributed by atoms with van der Waals surface area (Å²) in [4.78, 5) is 23.6. The maximum Gasteiger partial charge on any atom is 0.407 e. The van der Waals surface area contributed by atoms with E-state index in [1.165, 1.54) is 0 Å². The van der Waals surface area contributed by atoms with Gasteiger partial charge in [0.25, 0.3) is 0 Å². The molecule has 0 unspecified atom stereocenters. The summed E-state index contributed by atoms with van der Waals surface area (Å²) >= 11 is 0. The lowest BCUT2D eigenvalue weighted by Gasteiger charge is -2.40. The van der Waals surface area contributed by atoms with Crippen LogP contribution < -0.4 is 5.32 Å². The predicted molar refractivity (Wildman–Crippen MR) is 77.2 cm³/mol. The molecule has 0 spiro atoms. The molecule has 2 fully saturated rings. The van der Waals surface area contributed by atoms with Crippen LogP contribution in [0.2, 0.25) is 0 Å². The summed E-state index contributed by atoms with van der Waals surface area (Å²) in [7, 11) is 0. The number of ether oxygens (including phenoxy) is 3. The Morgan fingerprint density at radius 1 is 1.41 bits per heavy atom. The zero-order valence-corrected chi connectivity index (χ0v) is 13.3. The van der Waals surface area contributed by atoms with E-state index in [-0.39, 0.29) is 18.8 Å². The van der Waals surface area contributed by atoms with Crippen molar-refractivity contribution in [2.45, 2.75) is 70.5 Å². The van der Waals surface area contributed by atoms with Crippen LogP contribution in [-0.2, 0) is 19.0 Å². The molecule has 7 nitrogen and oxygen atoms in total. The van der Waals surface area contributed by atoms with Gasteiger partial charge >= 0.3 is 12.1 Å². The molecule has 0 aromatic carbocycles. The number of aliphatic hydroxyl groups excluding tert-OH is 1. The van der Waals surface area contributed by atoms with E-state index in [4.69, 9.17) is 14.2 Å². The van der Waals surface area contributed by atoms with Crippen LogP contribution in [0.3, 0.4) is 0 Å². The molecule has 126 valence electrons. The molecule has 1 aliphatic carbocycles. The molecule has 0 radical (unpaired) electrons. The highest BCUT2D eigenvalue weighted by Gasteiger charge is 2.53. The minimum atomic E-state index is -1.05. The molecule has 7 heteroatoms. The first-order valence-corrected chi connectivity index (χ1v) is 7.99. The molecule has 5 atom stereocenters. The van der Waals surface area contributed by atoms with Gasteiger partial charge in [0.1, 0.15) is 6.10 Å². The third kappa shape index (κ3) is 3.35. The van der Waals surface area contributed by atoms with Crippen LogP contribution >= 0.6 is 0 Å². The molecule has 0 aromatic heterocycles. The van der Waals surface area contributed by atoms with E-state index in [0.717, 1.165) is 12.8 Å². The van der Waals surface area contributed by atoms with E-state index >= 15 is 0 Å². The van der Waals surface area contributed by atoms with Gasteiger partial charge in [0.15, 0.2) is 6.10 Å². The SMILES string of the molecule is CCOC(=O)[C@H]1C[C@H]2NC(=O)O[C@H]2[C@@H](OC(CC)CC)[C@H]1O. The lowest BCUT2D eigenvalue weighted by molar-refractivity contribution is -0.181. The van der Waals surface area contributed by atoms with Crippen LogP contribution in [0.4, 0.5) is 4.79 Å². The van der Waals surface area contributed by atoms with Crippen LogP contribution in [0.15, 0.2) is 0 Å². The number of hydrogen-bond acceptors (Lipinski definition) is 6. The molecule has 1 saturated heterocycles. The Morgan fingerprint density at radius 2 is 2.09 bits per heavy atom. The molecular formula is C15H25NO6. The highest BCUT2D eigenvalue weighted by Crippen LogP contribution is 2.34. The predicted octanol–water partition coefficient (Wildman–Crippen LogP) is 0.981. The first-order chi connectivity index (χ1) is 10.5. The molecule has 2 rings (SSSR count). The fraction of sp³-hybridized carbons (Fsp3) is 0.867. The number of carbonyl (C=O) groups is 2. The Hall–Kier alpha value is -1.34.